The highest BCUT2D eigenvalue weighted by Gasteiger charge is 2.18. The van der Waals surface area contributed by atoms with E-state index in [0.717, 1.165) is 17.2 Å². The molecule has 1 heterocycles. The number of unbranched alkanes of at least 4 members (excludes halogenated alkanes) is 3. The molecule has 0 saturated carbocycles. The summed E-state index contributed by atoms with van der Waals surface area (Å²) in [6.45, 7) is 4.62. The van der Waals surface area contributed by atoms with Crippen molar-refractivity contribution in [2.24, 2.45) is 0 Å². The standard InChI is InChI=1S/C19H27ClN2O2S/c1-2-3-4-5-12-25-15-6-7-16(17(20)13-15)18(23)8-10-22-11-9-21-19(24)14-22/h6-7,13H,2-5,8-12,14H2,1H3,(H,21,24). The van der Waals surface area contributed by atoms with Gasteiger partial charge in [-0.2, -0.15) is 0 Å². The number of amides is 1. The summed E-state index contributed by atoms with van der Waals surface area (Å²) in [6.07, 6.45) is 5.39. The summed E-state index contributed by atoms with van der Waals surface area (Å²) in [7, 11) is 0. The maximum atomic E-state index is 12.4. The number of hydrogen-bond donors (Lipinski definition) is 1. The van der Waals surface area contributed by atoms with Crippen molar-refractivity contribution >= 4 is 35.1 Å². The van der Waals surface area contributed by atoms with Crippen LogP contribution in [0.25, 0.3) is 0 Å². The molecule has 1 aliphatic rings. The monoisotopic (exact) mass is 382 g/mol. The molecule has 1 aromatic carbocycles. The number of hydrogen-bond acceptors (Lipinski definition) is 4. The largest absolute Gasteiger partial charge is 0.354 e. The Labute approximate surface area is 159 Å². The molecule has 1 amide bonds. The van der Waals surface area contributed by atoms with Crippen LogP contribution < -0.4 is 5.32 Å². The fraction of sp³-hybridized carbons (Fsp3) is 0.579. The molecule has 0 atom stereocenters. The van der Waals surface area contributed by atoms with Crippen LogP contribution in [0.2, 0.25) is 5.02 Å². The van der Waals surface area contributed by atoms with Gasteiger partial charge in [-0.1, -0.05) is 37.8 Å². The third kappa shape index (κ3) is 7.00. The summed E-state index contributed by atoms with van der Waals surface area (Å²) in [6, 6.07) is 5.72. The molecule has 4 nitrogen and oxygen atoms in total. The Morgan fingerprint density at radius 3 is 2.88 bits per heavy atom. The lowest BCUT2D eigenvalue weighted by atomic mass is 10.1. The smallest absolute Gasteiger partial charge is 0.234 e. The number of thioether (sulfide) groups is 1. The highest BCUT2D eigenvalue weighted by Crippen LogP contribution is 2.26. The van der Waals surface area contributed by atoms with E-state index in [2.05, 4.69) is 12.2 Å². The average molecular weight is 383 g/mol. The van der Waals surface area contributed by atoms with Crippen LogP contribution >= 0.6 is 23.4 Å². The first kappa shape index (κ1) is 20.3. The van der Waals surface area contributed by atoms with Crippen LogP contribution in [0, 0.1) is 0 Å². The van der Waals surface area contributed by atoms with Gasteiger partial charge in [0.25, 0.3) is 0 Å². The van der Waals surface area contributed by atoms with Crippen molar-refractivity contribution in [1.82, 2.24) is 10.2 Å². The molecule has 138 valence electrons. The van der Waals surface area contributed by atoms with E-state index < -0.39 is 0 Å². The van der Waals surface area contributed by atoms with E-state index in [9.17, 15) is 9.59 Å². The predicted octanol–water partition coefficient (Wildman–Crippen LogP) is 4.02. The van der Waals surface area contributed by atoms with Gasteiger partial charge >= 0.3 is 0 Å². The number of Topliss-reactive ketones (excluding diaryl/α,β-unsaturated/α-hetero) is 1. The number of halogens is 1. The number of carbonyl (C=O) groups excluding carboxylic acids is 2. The zero-order valence-corrected chi connectivity index (χ0v) is 16.4. The van der Waals surface area contributed by atoms with Gasteiger partial charge in [-0.05, 0) is 30.4 Å². The van der Waals surface area contributed by atoms with Gasteiger partial charge in [0.1, 0.15) is 0 Å². The summed E-state index contributed by atoms with van der Waals surface area (Å²) >= 11 is 8.11. The lowest BCUT2D eigenvalue weighted by Gasteiger charge is -2.26. The van der Waals surface area contributed by atoms with Crippen molar-refractivity contribution in [3.8, 4) is 0 Å². The first-order valence-electron chi connectivity index (χ1n) is 9.04. The van der Waals surface area contributed by atoms with Gasteiger partial charge in [-0.15, -0.1) is 11.8 Å². The first-order chi connectivity index (χ1) is 12.1. The summed E-state index contributed by atoms with van der Waals surface area (Å²) in [5.41, 5.74) is 0.582. The third-order valence-corrected chi connectivity index (χ3v) is 5.67. The quantitative estimate of drug-likeness (QED) is 0.377. The van der Waals surface area contributed by atoms with Gasteiger partial charge in [-0.3, -0.25) is 14.5 Å². The molecule has 2 rings (SSSR count). The minimum absolute atomic E-state index is 0.0250. The topological polar surface area (TPSA) is 49.4 Å². The molecule has 1 N–H and O–H groups in total. The average Bonchev–Trinajstić information content (AvgIpc) is 2.60. The SMILES string of the molecule is CCCCCCSc1ccc(C(=O)CCN2CCNC(=O)C2)c(Cl)c1. The molecule has 1 aliphatic heterocycles. The van der Waals surface area contributed by atoms with Crippen molar-refractivity contribution in [3.63, 3.8) is 0 Å². The molecular weight excluding hydrogens is 356 g/mol. The van der Waals surface area contributed by atoms with Crippen molar-refractivity contribution in [3.05, 3.63) is 28.8 Å². The van der Waals surface area contributed by atoms with Crippen LogP contribution in [-0.2, 0) is 4.79 Å². The van der Waals surface area contributed by atoms with E-state index in [1.807, 2.05) is 23.1 Å². The number of nitrogens with zero attached hydrogens (tertiary/aromatic N) is 1. The van der Waals surface area contributed by atoms with Crippen LogP contribution in [0.5, 0.6) is 0 Å². The molecule has 0 aliphatic carbocycles. The highest BCUT2D eigenvalue weighted by atomic mass is 35.5. The zero-order valence-electron chi connectivity index (χ0n) is 14.9. The number of rotatable bonds is 10. The summed E-state index contributed by atoms with van der Waals surface area (Å²) < 4.78 is 0. The highest BCUT2D eigenvalue weighted by molar-refractivity contribution is 7.99. The molecule has 0 spiro atoms. The third-order valence-electron chi connectivity index (χ3n) is 4.28. The fourth-order valence-electron chi connectivity index (χ4n) is 2.81. The molecular formula is C19H27ClN2O2S. The molecule has 0 bridgehead atoms. The Kier molecular flexibility index (Phi) is 8.79. The Morgan fingerprint density at radius 2 is 2.16 bits per heavy atom. The molecule has 0 unspecified atom stereocenters. The van der Waals surface area contributed by atoms with Crippen molar-refractivity contribution in [2.75, 3.05) is 31.9 Å². The summed E-state index contributed by atoms with van der Waals surface area (Å²) in [5.74, 6) is 1.15. The van der Waals surface area contributed by atoms with Crippen LogP contribution in [0.3, 0.4) is 0 Å². The summed E-state index contributed by atoms with van der Waals surface area (Å²) in [4.78, 5) is 26.9. The van der Waals surface area contributed by atoms with Gasteiger partial charge in [-0.25, -0.2) is 0 Å². The number of ketones is 1. The maximum absolute atomic E-state index is 12.4. The van der Waals surface area contributed by atoms with Gasteiger partial charge in [0.2, 0.25) is 5.91 Å². The lowest BCUT2D eigenvalue weighted by molar-refractivity contribution is -0.124. The molecule has 1 saturated heterocycles. The second-order valence-electron chi connectivity index (χ2n) is 6.35. The number of benzene rings is 1. The molecule has 25 heavy (non-hydrogen) atoms. The minimum atomic E-state index is 0.0250. The number of carbonyl (C=O) groups is 2. The van der Waals surface area contributed by atoms with E-state index in [1.54, 1.807) is 11.8 Å². The second-order valence-corrected chi connectivity index (χ2v) is 7.93. The second kappa shape index (κ2) is 10.8. The first-order valence-corrected chi connectivity index (χ1v) is 10.4. The Morgan fingerprint density at radius 1 is 1.32 bits per heavy atom. The van der Waals surface area contributed by atoms with Crippen LogP contribution in [0.1, 0.15) is 49.4 Å². The normalized spacial score (nSPS) is 15.2. The van der Waals surface area contributed by atoms with Crippen molar-refractivity contribution in [2.45, 2.75) is 43.9 Å². The Balaban J connectivity index is 1.80. The Hall–Kier alpha value is -1.04. The Bertz CT molecular complexity index is 595. The summed E-state index contributed by atoms with van der Waals surface area (Å²) in [5, 5.41) is 3.31. The van der Waals surface area contributed by atoms with E-state index in [-0.39, 0.29) is 11.7 Å². The minimum Gasteiger partial charge on any atom is -0.354 e. The van der Waals surface area contributed by atoms with Crippen LogP contribution in [-0.4, -0.2) is 48.5 Å². The molecule has 1 fully saturated rings. The van der Waals surface area contributed by atoms with Crippen LogP contribution in [0.4, 0.5) is 0 Å². The zero-order chi connectivity index (χ0) is 18.1. The lowest BCUT2D eigenvalue weighted by Crippen LogP contribution is -2.48. The van der Waals surface area contributed by atoms with Crippen LogP contribution in [0.15, 0.2) is 23.1 Å². The number of piperazine rings is 1. The van der Waals surface area contributed by atoms with Gasteiger partial charge in [0.05, 0.1) is 11.6 Å². The van der Waals surface area contributed by atoms with Gasteiger partial charge in [0, 0.05) is 36.5 Å². The number of nitrogens with one attached hydrogen (secondary N) is 1. The van der Waals surface area contributed by atoms with Crippen molar-refractivity contribution in [1.29, 1.82) is 0 Å². The van der Waals surface area contributed by atoms with Gasteiger partial charge < -0.3 is 5.32 Å². The molecule has 0 radical (unpaired) electrons. The molecule has 1 aromatic rings. The van der Waals surface area contributed by atoms with E-state index in [1.165, 1.54) is 25.7 Å². The fourth-order valence-corrected chi connectivity index (χ4v) is 4.11. The predicted molar refractivity (Wildman–Crippen MR) is 105 cm³/mol. The maximum Gasteiger partial charge on any atom is 0.234 e. The van der Waals surface area contributed by atoms with Crippen molar-refractivity contribution < 1.29 is 9.59 Å². The van der Waals surface area contributed by atoms with E-state index in [4.69, 9.17) is 11.6 Å². The molecule has 6 heteroatoms. The van der Waals surface area contributed by atoms with E-state index >= 15 is 0 Å². The van der Waals surface area contributed by atoms with Gasteiger partial charge in [0.15, 0.2) is 5.78 Å². The van der Waals surface area contributed by atoms with E-state index in [0.29, 0.717) is 36.6 Å². The molecule has 0 aromatic heterocycles.